The van der Waals surface area contributed by atoms with Crippen molar-refractivity contribution in [2.45, 2.75) is 63.8 Å². The highest BCUT2D eigenvalue weighted by molar-refractivity contribution is 5.89. The molecule has 0 aromatic heterocycles. The fourth-order valence-corrected chi connectivity index (χ4v) is 3.27. The lowest BCUT2D eigenvalue weighted by molar-refractivity contribution is -0.873. The Kier molecular flexibility index (Phi) is 6.85. The number of quaternary nitrogens is 1. The molecule has 0 radical (unpaired) electrons. The number of aliphatic hydroxyl groups is 2. The summed E-state index contributed by atoms with van der Waals surface area (Å²) in [4.78, 5) is 14.2. The van der Waals surface area contributed by atoms with Crippen LogP contribution in [0.15, 0.2) is 24.0 Å². The number of rotatable bonds is 7. The summed E-state index contributed by atoms with van der Waals surface area (Å²) in [6.45, 7) is 4.64. The van der Waals surface area contributed by atoms with Crippen LogP contribution < -0.4 is 0 Å². The van der Waals surface area contributed by atoms with Gasteiger partial charge in [-0.15, -0.1) is 0 Å². The topological polar surface area (TPSA) is 79.2 Å². The maximum atomic E-state index is 12.6. The zero-order valence-electron chi connectivity index (χ0n) is 16.5. The fourth-order valence-electron chi connectivity index (χ4n) is 3.27. The Morgan fingerprint density at radius 3 is 2.58 bits per heavy atom. The van der Waals surface area contributed by atoms with E-state index in [2.05, 4.69) is 21.1 Å². The third-order valence-electron chi connectivity index (χ3n) is 4.70. The molecule has 1 fully saturated rings. The maximum Gasteiger partial charge on any atom is 0.336 e. The molecular weight excluding hydrogens is 336 g/mol. The van der Waals surface area contributed by atoms with E-state index in [1.54, 1.807) is 17.3 Å². The summed E-state index contributed by atoms with van der Waals surface area (Å²) in [6, 6.07) is 0. The highest BCUT2D eigenvalue weighted by atomic mass is 16.6. The average Bonchev–Trinajstić information content (AvgIpc) is 2.88. The molecule has 2 rings (SSSR count). The smallest absolute Gasteiger partial charge is 0.336 e. The van der Waals surface area contributed by atoms with E-state index in [0.717, 1.165) is 17.4 Å². The van der Waals surface area contributed by atoms with Crippen LogP contribution in [0.2, 0.25) is 0 Å². The molecule has 0 bridgehead atoms. The first kappa shape index (κ1) is 20.9. The molecule has 1 saturated heterocycles. The van der Waals surface area contributed by atoms with Gasteiger partial charge in [0.05, 0.1) is 32.8 Å². The van der Waals surface area contributed by atoms with Crippen molar-refractivity contribution in [1.29, 1.82) is 0 Å². The van der Waals surface area contributed by atoms with Crippen molar-refractivity contribution in [2.75, 3.05) is 27.7 Å². The summed E-state index contributed by atoms with van der Waals surface area (Å²) in [6.07, 6.45) is 3.84. The van der Waals surface area contributed by atoms with Gasteiger partial charge in [-0.3, -0.25) is 0 Å². The molecule has 0 unspecified atom stereocenters. The molecular formula is C19H33N2O5+. The zero-order chi connectivity index (χ0) is 19.5. The molecule has 5 atom stereocenters. The average molecular weight is 369 g/mol. The van der Waals surface area contributed by atoms with Crippen molar-refractivity contribution in [3.05, 3.63) is 24.0 Å². The predicted octanol–water partition coefficient (Wildman–Crippen LogP) is 0.974. The molecule has 7 heteroatoms. The Hall–Kier alpha value is -1.41. The van der Waals surface area contributed by atoms with Crippen LogP contribution in [0.25, 0.3) is 0 Å². The standard InChI is InChI=1S/C19H33N2O5/c1-6-14(12-21(3,4)5)25-19(24)13-9-8-10-20(11-13)18-17(23)16(22)15(7-2)26-18/h8,10-11,14-18,22-23H,6-7,9,12H2,1-5H3/q+1/t14-,15-,16-,17-,18-/m1/s1. The highest BCUT2D eigenvalue weighted by Crippen LogP contribution is 2.28. The van der Waals surface area contributed by atoms with Crippen LogP contribution in [0, 0.1) is 0 Å². The Morgan fingerprint density at radius 2 is 2.04 bits per heavy atom. The number of likely N-dealkylation sites (N-methyl/N-ethyl adjacent to an activating group) is 1. The van der Waals surface area contributed by atoms with Gasteiger partial charge in [-0.2, -0.15) is 0 Å². The molecule has 2 heterocycles. The molecule has 0 aromatic rings. The summed E-state index contributed by atoms with van der Waals surface area (Å²) >= 11 is 0. The lowest BCUT2D eigenvalue weighted by Gasteiger charge is -2.30. The van der Waals surface area contributed by atoms with Gasteiger partial charge in [0.15, 0.2) is 12.3 Å². The van der Waals surface area contributed by atoms with Gasteiger partial charge in [0, 0.05) is 18.8 Å². The van der Waals surface area contributed by atoms with E-state index < -0.39 is 24.5 Å². The zero-order valence-corrected chi connectivity index (χ0v) is 16.5. The van der Waals surface area contributed by atoms with Gasteiger partial charge >= 0.3 is 5.97 Å². The van der Waals surface area contributed by atoms with Gasteiger partial charge in [-0.1, -0.05) is 19.9 Å². The number of esters is 1. The summed E-state index contributed by atoms with van der Waals surface area (Å²) in [5, 5.41) is 20.3. The molecule has 2 aliphatic rings. The maximum absolute atomic E-state index is 12.6. The van der Waals surface area contributed by atoms with Crippen molar-refractivity contribution in [3.8, 4) is 0 Å². The molecule has 0 aromatic carbocycles. The molecule has 0 spiro atoms. The lowest BCUT2D eigenvalue weighted by Crippen LogP contribution is -2.43. The molecule has 2 aliphatic heterocycles. The number of allylic oxidation sites excluding steroid dienone is 1. The second kappa shape index (κ2) is 8.52. The van der Waals surface area contributed by atoms with E-state index in [4.69, 9.17) is 9.47 Å². The summed E-state index contributed by atoms with van der Waals surface area (Å²) < 4.78 is 12.1. The monoisotopic (exact) mass is 369 g/mol. The van der Waals surface area contributed by atoms with Gasteiger partial charge in [-0.05, 0) is 12.8 Å². The van der Waals surface area contributed by atoms with Gasteiger partial charge < -0.3 is 29.1 Å². The minimum absolute atomic E-state index is 0.151. The van der Waals surface area contributed by atoms with Gasteiger partial charge in [-0.25, -0.2) is 4.79 Å². The first-order valence-electron chi connectivity index (χ1n) is 9.34. The van der Waals surface area contributed by atoms with Gasteiger partial charge in [0.25, 0.3) is 0 Å². The minimum atomic E-state index is -1.03. The lowest BCUT2D eigenvalue weighted by atomic mass is 10.1. The Balaban J connectivity index is 2.05. The van der Waals surface area contributed by atoms with Crippen LogP contribution in [-0.4, -0.2) is 83.9 Å². The van der Waals surface area contributed by atoms with E-state index in [9.17, 15) is 15.0 Å². The number of aliphatic hydroxyl groups excluding tert-OH is 2. The van der Waals surface area contributed by atoms with Crippen molar-refractivity contribution in [3.63, 3.8) is 0 Å². The fraction of sp³-hybridized carbons (Fsp3) is 0.737. The molecule has 148 valence electrons. The first-order chi connectivity index (χ1) is 12.2. The van der Waals surface area contributed by atoms with E-state index in [1.807, 2.05) is 19.9 Å². The minimum Gasteiger partial charge on any atom is -0.453 e. The third kappa shape index (κ3) is 5.07. The summed E-state index contributed by atoms with van der Waals surface area (Å²) in [5.41, 5.74) is 0.512. The van der Waals surface area contributed by atoms with Crippen LogP contribution in [0.3, 0.4) is 0 Å². The van der Waals surface area contributed by atoms with Crippen molar-refractivity contribution in [2.24, 2.45) is 0 Å². The summed E-state index contributed by atoms with van der Waals surface area (Å²) in [5.74, 6) is -0.347. The molecule has 2 N–H and O–H groups in total. The third-order valence-corrected chi connectivity index (χ3v) is 4.70. The first-order valence-corrected chi connectivity index (χ1v) is 9.34. The second-order valence-electron chi connectivity index (χ2n) is 8.05. The Labute approximate surface area is 156 Å². The van der Waals surface area contributed by atoms with Gasteiger partial charge in [0.2, 0.25) is 0 Å². The number of carbonyl (C=O) groups excluding carboxylic acids is 1. The highest BCUT2D eigenvalue weighted by Gasteiger charge is 2.44. The quantitative estimate of drug-likeness (QED) is 0.514. The predicted molar refractivity (Wildman–Crippen MR) is 97.7 cm³/mol. The van der Waals surface area contributed by atoms with Crippen LogP contribution >= 0.6 is 0 Å². The molecule has 0 saturated carbocycles. The number of nitrogens with zero attached hydrogens (tertiary/aromatic N) is 2. The van der Waals surface area contributed by atoms with Gasteiger partial charge in [0.1, 0.15) is 18.8 Å². The van der Waals surface area contributed by atoms with Crippen LogP contribution in [0.5, 0.6) is 0 Å². The van der Waals surface area contributed by atoms with E-state index in [1.165, 1.54) is 0 Å². The Bertz CT molecular complexity index is 555. The number of hydrogen-bond donors (Lipinski definition) is 2. The molecule has 0 amide bonds. The van der Waals surface area contributed by atoms with Crippen LogP contribution in [0.1, 0.15) is 33.1 Å². The van der Waals surface area contributed by atoms with Crippen molar-refractivity contribution in [1.82, 2.24) is 4.90 Å². The molecule has 7 nitrogen and oxygen atoms in total. The number of ether oxygens (including phenoxy) is 2. The normalized spacial score (nSPS) is 30.3. The van der Waals surface area contributed by atoms with E-state index in [0.29, 0.717) is 18.4 Å². The van der Waals surface area contributed by atoms with E-state index in [-0.39, 0.29) is 12.1 Å². The van der Waals surface area contributed by atoms with Crippen molar-refractivity contribution < 1.29 is 29.0 Å². The number of hydrogen-bond acceptors (Lipinski definition) is 6. The van der Waals surface area contributed by atoms with E-state index >= 15 is 0 Å². The SMILES string of the molecule is CC[C@H](C[N+](C)(C)C)OC(=O)C1=CN([C@@H]2O[C@H](CC)[C@@H](O)[C@H]2O)C=CC1. The largest absolute Gasteiger partial charge is 0.453 e. The number of carbonyl (C=O) groups is 1. The molecule has 26 heavy (non-hydrogen) atoms. The summed E-state index contributed by atoms with van der Waals surface area (Å²) in [7, 11) is 6.19. The Morgan fingerprint density at radius 1 is 1.35 bits per heavy atom. The molecule has 0 aliphatic carbocycles. The van der Waals surface area contributed by atoms with Crippen LogP contribution in [-0.2, 0) is 14.3 Å². The van der Waals surface area contributed by atoms with Crippen molar-refractivity contribution >= 4 is 5.97 Å². The van der Waals surface area contributed by atoms with Crippen LogP contribution in [0.4, 0.5) is 0 Å². The second-order valence-corrected chi connectivity index (χ2v) is 8.05.